The smallest absolute Gasteiger partial charge is 0.0446 e. The minimum atomic E-state index is 0.171. The van der Waals surface area contributed by atoms with Crippen LogP contribution in [0.4, 0.5) is 17.1 Å². The predicted molar refractivity (Wildman–Crippen MR) is 148 cm³/mol. The lowest BCUT2D eigenvalue weighted by molar-refractivity contribution is 0.949. The lowest BCUT2D eigenvalue weighted by atomic mass is 9.82. The van der Waals surface area contributed by atoms with Gasteiger partial charge in [0.05, 0.1) is 0 Å². The number of benzene rings is 4. The SMILES string of the molecule is CN(C)c1ccc(C(c2ccc(N(C)C)cc2)c2ccc(N3CCCC3)c3ccccc23)cc1. The number of fused-ring (bicyclic) bond motifs is 1. The van der Waals surface area contributed by atoms with Crippen LogP contribution in [-0.2, 0) is 0 Å². The van der Waals surface area contributed by atoms with E-state index >= 15 is 0 Å². The fraction of sp³-hybridized carbons (Fsp3) is 0.290. The number of hydrogen-bond donors (Lipinski definition) is 0. The molecule has 0 radical (unpaired) electrons. The largest absolute Gasteiger partial charge is 0.378 e. The summed E-state index contributed by atoms with van der Waals surface area (Å²) in [6.45, 7) is 2.32. The van der Waals surface area contributed by atoms with Crippen molar-refractivity contribution in [2.75, 3.05) is 56.0 Å². The minimum Gasteiger partial charge on any atom is -0.378 e. The Morgan fingerprint density at radius 1 is 0.588 bits per heavy atom. The van der Waals surface area contributed by atoms with Gasteiger partial charge in [0.1, 0.15) is 0 Å². The van der Waals surface area contributed by atoms with Gasteiger partial charge in [-0.05, 0) is 65.3 Å². The Morgan fingerprint density at radius 3 is 1.59 bits per heavy atom. The van der Waals surface area contributed by atoms with Gasteiger partial charge in [-0.1, -0.05) is 54.6 Å². The quantitative estimate of drug-likeness (QED) is 0.301. The van der Waals surface area contributed by atoms with Crippen LogP contribution in [0.25, 0.3) is 10.8 Å². The zero-order valence-corrected chi connectivity index (χ0v) is 20.8. The van der Waals surface area contributed by atoms with Crippen LogP contribution < -0.4 is 14.7 Å². The van der Waals surface area contributed by atoms with E-state index in [4.69, 9.17) is 0 Å². The van der Waals surface area contributed by atoms with Crippen LogP contribution in [-0.4, -0.2) is 41.3 Å². The maximum Gasteiger partial charge on any atom is 0.0446 e. The topological polar surface area (TPSA) is 9.72 Å². The molecule has 174 valence electrons. The monoisotopic (exact) mass is 449 g/mol. The Kier molecular flexibility index (Phi) is 6.19. The van der Waals surface area contributed by atoms with Gasteiger partial charge in [-0.15, -0.1) is 0 Å². The second-order valence-electron chi connectivity index (χ2n) is 9.82. The highest BCUT2D eigenvalue weighted by molar-refractivity contribution is 5.97. The average molecular weight is 450 g/mol. The van der Waals surface area contributed by atoms with Gasteiger partial charge in [0.15, 0.2) is 0 Å². The van der Waals surface area contributed by atoms with Crippen LogP contribution in [0.5, 0.6) is 0 Å². The zero-order valence-electron chi connectivity index (χ0n) is 20.8. The molecule has 1 saturated heterocycles. The molecule has 3 heteroatoms. The number of hydrogen-bond acceptors (Lipinski definition) is 3. The van der Waals surface area contributed by atoms with Crippen molar-refractivity contribution in [3.8, 4) is 0 Å². The van der Waals surface area contributed by atoms with E-state index in [-0.39, 0.29) is 5.92 Å². The molecule has 5 rings (SSSR count). The van der Waals surface area contributed by atoms with Gasteiger partial charge in [0, 0.05) is 69.6 Å². The molecule has 0 aromatic heterocycles. The number of nitrogens with zero attached hydrogens (tertiary/aromatic N) is 3. The van der Waals surface area contributed by atoms with Gasteiger partial charge >= 0.3 is 0 Å². The second kappa shape index (κ2) is 9.42. The standard InChI is InChI=1S/C31H35N3/c1-32(2)25-15-11-23(12-16-25)31(24-13-17-26(18-14-24)33(3)4)29-19-20-30(34-21-7-8-22-34)28-10-6-5-9-27(28)29/h5-6,9-20,31H,7-8,21-22H2,1-4H3. The summed E-state index contributed by atoms with van der Waals surface area (Å²) < 4.78 is 0. The lowest BCUT2D eigenvalue weighted by Gasteiger charge is -2.26. The van der Waals surface area contributed by atoms with Crippen molar-refractivity contribution in [2.24, 2.45) is 0 Å². The highest BCUT2D eigenvalue weighted by Crippen LogP contribution is 2.40. The average Bonchev–Trinajstić information content (AvgIpc) is 3.40. The van der Waals surface area contributed by atoms with Crippen LogP contribution in [0, 0.1) is 0 Å². The van der Waals surface area contributed by atoms with E-state index in [1.165, 1.54) is 57.4 Å². The summed E-state index contributed by atoms with van der Waals surface area (Å²) in [6, 6.07) is 31.8. The maximum atomic E-state index is 2.55. The van der Waals surface area contributed by atoms with E-state index in [9.17, 15) is 0 Å². The third kappa shape index (κ3) is 4.23. The van der Waals surface area contributed by atoms with Crippen molar-refractivity contribution in [3.63, 3.8) is 0 Å². The molecular weight excluding hydrogens is 414 g/mol. The molecule has 0 bridgehead atoms. The normalized spacial score (nSPS) is 13.6. The third-order valence-electron chi connectivity index (χ3n) is 7.18. The van der Waals surface area contributed by atoms with Gasteiger partial charge in [0.2, 0.25) is 0 Å². The first-order valence-corrected chi connectivity index (χ1v) is 12.3. The molecule has 1 aliphatic heterocycles. The fourth-order valence-corrected chi connectivity index (χ4v) is 5.27. The first kappa shape index (κ1) is 22.3. The highest BCUT2D eigenvalue weighted by Gasteiger charge is 2.22. The predicted octanol–water partition coefficient (Wildman–Crippen LogP) is 6.75. The molecular formula is C31H35N3. The summed E-state index contributed by atoms with van der Waals surface area (Å²) in [4.78, 5) is 6.87. The first-order chi connectivity index (χ1) is 16.5. The van der Waals surface area contributed by atoms with Crippen molar-refractivity contribution in [2.45, 2.75) is 18.8 Å². The summed E-state index contributed by atoms with van der Waals surface area (Å²) in [5.74, 6) is 0.171. The number of anilines is 3. The van der Waals surface area contributed by atoms with E-state index in [1.807, 2.05) is 0 Å². The Balaban J connectivity index is 1.68. The van der Waals surface area contributed by atoms with Gasteiger partial charge in [-0.25, -0.2) is 0 Å². The molecule has 0 spiro atoms. The van der Waals surface area contributed by atoms with Crippen LogP contribution >= 0.6 is 0 Å². The summed E-state index contributed by atoms with van der Waals surface area (Å²) in [6.07, 6.45) is 2.57. The summed E-state index contributed by atoms with van der Waals surface area (Å²) in [5, 5.41) is 2.71. The van der Waals surface area contributed by atoms with E-state index in [1.54, 1.807) is 0 Å². The fourth-order valence-electron chi connectivity index (χ4n) is 5.27. The molecule has 0 unspecified atom stereocenters. The maximum absolute atomic E-state index is 2.55. The molecule has 4 aromatic carbocycles. The molecule has 0 N–H and O–H groups in total. The molecule has 3 nitrogen and oxygen atoms in total. The van der Waals surface area contributed by atoms with E-state index < -0.39 is 0 Å². The number of rotatable bonds is 6. The van der Waals surface area contributed by atoms with E-state index in [2.05, 4.69) is 128 Å². The lowest BCUT2D eigenvalue weighted by Crippen LogP contribution is -2.18. The molecule has 4 aromatic rings. The highest BCUT2D eigenvalue weighted by atomic mass is 15.1. The summed E-state index contributed by atoms with van der Waals surface area (Å²) in [5.41, 5.74) is 7.83. The third-order valence-corrected chi connectivity index (χ3v) is 7.18. The van der Waals surface area contributed by atoms with Crippen LogP contribution in [0.15, 0.2) is 84.9 Å². The van der Waals surface area contributed by atoms with Gasteiger partial charge in [-0.2, -0.15) is 0 Å². The van der Waals surface area contributed by atoms with Crippen molar-refractivity contribution < 1.29 is 0 Å². The Morgan fingerprint density at radius 2 is 1.09 bits per heavy atom. The first-order valence-electron chi connectivity index (χ1n) is 12.3. The van der Waals surface area contributed by atoms with Gasteiger partial charge in [-0.3, -0.25) is 0 Å². The summed E-state index contributed by atoms with van der Waals surface area (Å²) in [7, 11) is 8.38. The molecule has 0 amide bonds. The van der Waals surface area contributed by atoms with Crippen molar-refractivity contribution >= 4 is 27.8 Å². The Labute approximate surface area is 204 Å². The van der Waals surface area contributed by atoms with Crippen molar-refractivity contribution in [3.05, 3.63) is 102 Å². The Hall–Kier alpha value is -3.46. The molecule has 0 saturated carbocycles. The molecule has 0 aliphatic carbocycles. The van der Waals surface area contributed by atoms with Crippen LogP contribution in [0.1, 0.15) is 35.4 Å². The van der Waals surface area contributed by atoms with E-state index in [0.29, 0.717) is 0 Å². The van der Waals surface area contributed by atoms with Gasteiger partial charge in [0.25, 0.3) is 0 Å². The van der Waals surface area contributed by atoms with E-state index in [0.717, 1.165) is 13.1 Å². The van der Waals surface area contributed by atoms with Crippen LogP contribution in [0.2, 0.25) is 0 Å². The summed E-state index contributed by atoms with van der Waals surface area (Å²) >= 11 is 0. The minimum absolute atomic E-state index is 0.171. The van der Waals surface area contributed by atoms with Gasteiger partial charge < -0.3 is 14.7 Å². The molecule has 1 heterocycles. The van der Waals surface area contributed by atoms with Crippen molar-refractivity contribution in [1.29, 1.82) is 0 Å². The van der Waals surface area contributed by atoms with Crippen molar-refractivity contribution in [1.82, 2.24) is 0 Å². The molecule has 34 heavy (non-hydrogen) atoms. The molecule has 1 aliphatic rings. The molecule has 1 fully saturated rings. The Bertz CT molecular complexity index is 1200. The molecule has 0 atom stereocenters. The van der Waals surface area contributed by atoms with Crippen LogP contribution in [0.3, 0.4) is 0 Å². The zero-order chi connectivity index (χ0) is 23.7. The second-order valence-corrected chi connectivity index (χ2v) is 9.82.